The number of hydrogen-bond acceptors (Lipinski definition) is 3. The molecule has 0 spiro atoms. The summed E-state index contributed by atoms with van der Waals surface area (Å²) in [4.78, 5) is 0. The zero-order valence-electron chi connectivity index (χ0n) is 6.71. The second kappa shape index (κ2) is 4.51. The van der Waals surface area contributed by atoms with Crippen LogP contribution in [0, 0.1) is 3.57 Å². The number of nitrogen functional groups attached to an aromatic ring is 1. The lowest BCUT2D eigenvalue weighted by Crippen LogP contribution is -2.01. The Labute approximate surface area is 85.0 Å². The zero-order chi connectivity index (χ0) is 8.97. The highest BCUT2D eigenvalue weighted by Crippen LogP contribution is 2.23. The van der Waals surface area contributed by atoms with E-state index in [1.165, 1.54) is 0 Å². The van der Waals surface area contributed by atoms with Gasteiger partial charge in [-0.1, -0.05) is 0 Å². The first-order chi connectivity index (χ1) is 5.74. The van der Waals surface area contributed by atoms with E-state index in [0.717, 1.165) is 3.57 Å². The molecule has 66 valence electrons. The van der Waals surface area contributed by atoms with Crippen LogP contribution in [0.25, 0.3) is 0 Å². The van der Waals surface area contributed by atoms with Gasteiger partial charge in [-0.15, -0.1) is 0 Å². The standard InChI is InChI=1S/C8H10INO2/c1-11-5-12-8-4-6(9)2-3-7(8)10/h2-4H,5,10H2,1H3. The molecule has 0 atom stereocenters. The Bertz CT molecular complexity index is 265. The van der Waals surface area contributed by atoms with Crippen LogP contribution in [0.15, 0.2) is 18.2 Å². The highest BCUT2D eigenvalue weighted by Gasteiger charge is 1.99. The van der Waals surface area contributed by atoms with Crippen LogP contribution in [0.5, 0.6) is 5.75 Å². The maximum Gasteiger partial charge on any atom is 0.188 e. The van der Waals surface area contributed by atoms with Gasteiger partial charge in [-0.2, -0.15) is 0 Å². The average Bonchev–Trinajstić information content (AvgIpc) is 2.07. The van der Waals surface area contributed by atoms with Crippen molar-refractivity contribution >= 4 is 28.3 Å². The molecule has 0 aliphatic rings. The van der Waals surface area contributed by atoms with Gasteiger partial charge in [0.05, 0.1) is 5.69 Å². The van der Waals surface area contributed by atoms with Crippen LogP contribution in [0.1, 0.15) is 0 Å². The minimum atomic E-state index is 0.226. The number of benzene rings is 1. The molecular formula is C8H10INO2. The van der Waals surface area contributed by atoms with Crippen LogP contribution in [0.3, 0.4) is 0 Å². The van der Waals surface area contributed by atoms with Crippen molar-refractivity contribution in [2.45, 2.75) is 0 Å². The lowest BCUT2D eigenvalue weighted by Gasteiger charge is -2.07. The molecule has 0 amide bonds. The number of rotatable bonds is 3. The third kappa shape index (κ3) is 2.53. The summed E-state index contributed by atoms with van der Waals surface area (Å²) >= 11 is 2.20. The van der Waals surface area contributed by atoms with E-state index >= 15 is 0 Å². The molecule has 2 N–H and O–H groups in total. The van der Waals surface area contributed by atoms with Gasteiger partial charge in [0.1, 0.15) is 5.75 Å². The molecule has 1 aromatic carbocycles. The molecule has 0 saturated heterocycles. The van der Waals surface area contributed by atoms with Crippen molar-refractivity contribution in [3.05, 3.63) is 21.8 Å². The number of nitrogens with two attached hydrogens (primary N) is 1. The van der Waals surface area contributed by atoms with Gasteiger partial charge >= 0.3 is 0 Å². The minimum absolute atomic E-state index is 0.226. The van der Waals surface area contributed by atoms with Gasteiger partial charge in [0.25, 0.3) is 0 Å². The lowest BCUT2D eigenvalue weighted by molar-refractivity contribution is 0.0516. The van der Waals surface area contributed by atoms with Gasteiger partial charge in [-0.05, 0) is 40.8 Å². The van der Waals surface area contributed by atoms with Crippen molar-refractivity contribution in [2.24, 2.45) is 0 Å². The van der Waals surface area contributed by atoms with E-state index in [1.54, 1.807) is 7.11 Å². The Balaban J connectivity index is 2.75. The number of ether oxygens (including phenoxy) is 2. The molecule has 0 radical (unpaired) electrons. The normalized spacial score (nSPS) is 9.83. The van der Waals surface area contributed by atoms with Crippen LogP contribution in [0.4, 0.5) is 5.69 Å². The van der Waals surface area contributed by atoms with Gasteiger partial charge in [-0.25, -0.2) is 0 Å². The molecule has 0 heterocycles. The first-order valence-corrected chi connectivity index (χ1v) is 4.48. The summed E-state index contributed by atoms with van der Waals surface area (Å²) < 4.78 is 11.1. The van der Waals surface area contributed by atoms with Gasteiger partial charge in [-0.3, -0.25) is 0 Å². The summed E-state index contributed by atoms with van der Waals surface area (Å²) in [6.07, 6.45) is 0. The van der Waals surface area contributed by atoms with Crippen LogP contribution in [-0.2, 0) is 4.74 Å². The highest BCUT2D eigenvalue weighted by molar-refractivity contribution is 14.1. The summed E-state index contributed by atoms with van der Waals surface area (Å²) in [5.74, 6) is 0.670. The molecule has 0 saturated carbocycles. The summed E-state index contributed by atoms with van der Waals surface area (Å²) in [6.45, 7) is 0.226. The Morgan fingerprint density at radius 3 is 2.92 bits per heavy atom. The van der Waals surface area contributed by atoms with Crippen LogP contribution < -0.4 is 10.5 Å². The first-order valence-electron chi connectivity index (χ1n) is 3.41. The van der Waals surface area contributed by atoms with E-state index < -0.39 is 0 Å². The third-order valence-corrected chi connectivity index (χ3v) is 1.98. The Morgan fingerprint density at radius 1 is 1.50 bits per heavy atom. The summed E-state index contributed by atoms with van der Waals surface area (Å²) in [6, 6.07) is 5.61. The van der Waals surface area contributed by atoms with E-state index in [9.17, 15) is 0 Å². The molecule has 0 aromatic heterocycles. The second-order valence-corrected chi connectivity index (χ2v) is 3.48. The molecule has 0 fully saturated rings. The summed E-state index contributed by atoms with van der Waals surface area (Å²) in [5.41, 5.74) is 6.28. The zero-order valence-corrected chi connectivity index (χ0v) is 8.87. The van der Waals surface area contributed by atoms with E-state index in [0.29, 0.717) is 11.4 Å². The van der Waals surface area contributed by atoms with Crippen molar-refractivity contribution in [3.63, 3.8) is 0 Å². The maximum atomic E-state index is 5.65. The summed E-state index contributed by atoms with van der Waals surface area (Å²) in [5, 5.41) is 0. The smallest absolute Gasteiger partial charge is 0.188 e. The molecule has 4 heteroatoms. The van der Waals surface area contributed by atoms with Crippen molar-refractivity contribution in [3.8, 4) is 5.75 Å². The minimum Gasteiger partial charge on any atom is -0.465 e. The Kier molecular flexibility index (Phi) is 3.61. The van der Waals surface area contributed by atoms with Gasteiger partial charge in [0.2, 0.25) is 0 Å². The second-order valence-electron chi connectivity index (χ2n) is 2.23. The van der Waals surface area contributed by atoms with Crippen molar-refractivity contribution < 1.29 is 9.47 Å². The van der Waals surface area contributed by atoms with Gasteiger partial charge in [0.15, 0.2) is 6.79 Å². The molecule has 0 bridgehead atoms. The predicted octanol–water partition coefficient (Wildman–Crippen LogP) is 1.86. The third-order valence-electron chi connectivity index (χ3n) is 1.31. The fraction of sp³-hybridized carbons (Fsp3) is 0.250. The molecule has 3 nitrogen and oxygen atoms in total. The Hall–Kier alpha value is -0.490. The molecule has 0 aliphatic heterocycles. The van der Waals surface area contributed by atoms with Crippen LogP contribution in [0.2, 0.25) is 0 Å². The number of halogens is 1. The predicted molar refractivity (Wildman–Crippen MR) is 56.1 cm³/mol. The highest BCUT2D eigenvalue weighted by atomic mass is 127. The molecule has 1 aromatic rings. The monoisotopic (exact) mass is 279 g/mol. The largest absolute Gasteiger partial charge is 0.465 e. The SMILES string of the molecule is COCOc1cc(I)ccc1N. The van der Waals surface area contributed by atoms with E-state index in [4.69, 9.17) is 15.2 Å². The first kappa shape index (κ1) is 9.60. The fourth-order valence-electron chi connectivity index (χ4n) is 0.756. The van der Waals surface area contributed by atoms with E-state index in [2.05, 4.69) is 22.6 Å². The van der Waals surface area contributed by atoms with Gasteiger partial charge < -0.3 is 15.2 Å². The molecular weight excluding hydrogens is 269 g/mol. The van der Waals surface area contributed by atoms with E-state index in [1.807, 2.05) is 18.2 Å². The molecule has 12 heavy (non-hydrogen) atoms. The van der Waals surface area contributed by atoms with Crippen molar-refractivity contribution in [2.75, 3.05) is 19.6 Å². The number of anilines is 1. The van der Waals surface area contributed by atoms with Crippen molar-refractivity contribution in [1.82, 2.24) is 0 Å². The van der Waals surface area contributed by atoms with Crippen LogP contribution >= 0.6 is 22.6 Å². The molecule has 0 unspecified atom stereocenters. The number of hydrogen-bond donors (Lipinski definition) is 1. The average molecular weight is 279 g/mol. The molecule has 0 aliphatic carbocycles. The van der Waals surface area contributed by atoms with Crippen LogP contribution in [-0.4, -0.2) is 13.9 Å². The Morgan fingerprint density at radius 2 is 2.25 bits per heavy atom. The van der Waals surface area contributed by atoms with E-state index in [-0.39, 0.29) is 6.79 Å². The summed E-state index contributed by atoms with van der Waals surface area (Å²) in [7, 11) is 1.57. The lowest BCUT2D eigenvalue weighted by atomic mass is 10.3. The quantitative estimate of drug-likeness (QED) is 0.522. The topological polar surface area (TPSA) is 44.5 Å². The van der Waals surface area contributed by atoms with Crippen molar-refractivity contribution in [1.29, 1.82) is 0 Å². The maximum absolute atomic E-state index is 5.65. The number of methoxy groups -OCH3 is 1. The molecule has 1 rings (SSSR count). The fourth-order valence-corrected chi connectivity index (χ4v) is 1.22. The van der Waals surface area contributed by atoms with Gasteiger partial charge in [0, 0.05) is 10.7 Å².